The molecule has 0 atom stereocenters. The van der Waals surface area contributed by atoms with Crippen LogP contribution in [-0.2, 0) is 13.0 Å². The van der Waals surface area contributed by atoms with Gasteiger partial charge in [-0.15, -0.1) is 16.4 Å². The summed E-state index contributed by atoms with van der Waals surface area (Å²) in [5.41, 5.74) is 0. The molecule has 2 aromatic heterocycles. The molecule has 0 radical (unpaired) electrons. The lowest BCUT2D eigenvalue weighted by Crippen LogP contribution is -2.04. The SMILES string of the molecule is N#CCCCSc1nnnn1CCc1cccs1. The summed E-state index contributed by atoms with van der Waals surface area (Å²) in [7, 11) is 0. The first-order chi connectivity index (χ1) is 8.90. The molecular weight excluding hydrogens is 266 g/mol. The third-order valence-electron chi connectivity index (χ3n) is 2.31. The summed E-state index contributed by atoms with van der Waals surface area (Å²) in [5.74, 6) is 0.882. The summed E-state index contributed by atoms with van der Waals surface area (Å²) in [4.78, 5) is 1.34. The lowest BCUT2D eigenvalue weighted by Gasteiger charge is -2.02. The molecule has 0 amide bonds. The van der Waals surface area contributed by atoms with Gasteiger partial charge in [-0.3, -0.25) is 0 Å². The van der Waals surface area contributed by atoms with Crippen molar-refractivity contribution in [2.45, 2.75) is 31.0 Å². The molecule has 0 aromatic carbocycles. The molecule has 7 heteroatoms. The standard InChI is InChI=1S/C11H13N5S2/c12-6-1-2-8-18-11-13-14-15-16(11)7-5-10-4-3-9-17-10/h3-4,9H,1-2,5,7-8H2. The molecule has 0 spiro atoms. The third kappa shape index (κ3) is 3.82. The van der Waals surface area contributed by atoms with E-state index in [4.69, 9.17) is 5.26 Å². The van der Waals surface area contributed by atoms with Crippen molar-refractivity contribution in [3.8, 4) is 6.07 Å². The quantitative estimate of drug-likeness (QED) is 0.575. The summed E-state index contributed by atoms with van der Waals surface area (Å²) < 4.78 is 1.83. The maximum absolute atomic E-state index is 8.46. The second kappa shape index (κ2) is 7.13. The number of unbranched alkanes of at least 4 members (excludes halogenated alkanes) is 1. The van der Waals surface area contributed by atoms with Crippen LogP contribution in [0.3, 0.4) is 0 Å². The predicted octanol–water partition coefficient (Wildman–Crippen LogP) is 2.37. The topological polar surface area (TPSA) is 67.4 Å². The van der Waals surface area contributed by atoms with E-state index in [2.05, 4.69) is 39.1 Å². The first-order valence-electron chi connectivity index (χ1n) is 5.68. The fraction of sp³-hybridized carbons (Fsp3) is 0.455. The van der Waals surface area contributed by atoms with Gasteiger partial charge in [0, 0.05) is 23.5 Å². The highest BCUT2D eigenvalue weighted by Crippen LogP contribution is 2.16. The van der Waals surface area contributed by atoms with Crippen LogP contribution in [-0.4, -0.2) is 26.0 Å². The Labute approximate surface area is 114 Å². The highest BCUT2D eigenvalue weighted by atomic mass is 32.2. The number of rotatable bonds is 7. The fourth-order valence-electron chi connectivity index (χ4n) is 1.43. The molecule has 0 saturated carbocycles. The molecular formula is C11H13N5S2. The predicted molar refractivity (Wildman–Crippen MR) is 71.4 cm³/mol. The summed E-state index contributed by atoms with van der Waals surface area (Å²) in [6.07, 6.45) is 2.41. The molecule has 5 nitrogen and oxygen atoms in total. The number of aromatic nitrogens is 4. The maximum Gasteiger partial charge on any atom is 0.209 e. The monoisotopic (exact) mass is 279 g/mol. The van der Waals surface area contributed by atoms with Gasteiger partial charge in [0.15, 0.2) is 0 Å². The number of hydrogen-bond donors (Lipinski definition) is 0. The smallest absolute Gasteiger partial charge is 0.209 e. The molecule has 0 unspecified atom stereocenters. The Morgan fingerprint density at radius 1 is 1.50 bits per heavy atom. The molecule has 0 bridgehead atoms. The van der Waals surface area contributed by atoms with Crippen LogP contribution in [0, 0.1) is 11.3 Å². The van der Waals surface area contributed by atoms with Gasteiger partial charge < -0.3 is 0 Å². The molecule has 2 aromatic rings. The number of thiophene rings is 1. The number of tetrazole rings is 1. The van der Waals surface area contributed by atoms with Gasteiger partial charge in [0.05, 0.1) is 12.6 Å². The van der Waals surface area contributed by atoms with Gasteiger partial charge in [-0.2, -0.15) is 5.26 Å². The molecule has 0 saturated heterocycles. The van der Waals surface area contributed by atoms with Gasteiger partial charge >= 0.3 is 0 Å². The highest BCUT2D eigenvalue weighted by Gasteiger charge is 2.06. The molecule has 0 aliphatic rings. The van der Waals surface area contributed by atoms with E-state index in [1.807, 2.05) is 4.68 Å². The average Bonchev–Trinajstić information content (AvgIpc) is 3.03. The van der Waals surface area contributed by atoms with E-state index >= 15 is 0 Å². The van der Waals surface area contributed by atoms with E-state index in [0.717, 1.165) is 30.3 Å². The summed E-state index contributed by atoms with van der Waals surface area (Å²) >= 11 is 3.36. The molecule has 0 fully saturated rings. The first kappa shape index (κ1) is 13.1. The molecule has 0 N–H and O–H groups in total. The summed E-state index contributed by atoms with van der Waals surface area (Å²) in [6, 6.07) is 6.31. The minimum Gasteiger partial charge on any atom is -0.220 e. The van der Waals surface area contributed by atoms with Crippen molar-refractivity contribution in [2.75, 3.05) is 5.75 Å². The Balaban J connectivity index is 1.82. The number of hydrogen-bond acceptors (Lipinski definition) is 6. The van der Waals surface area contributed by atoms with Crippen molar-refractivity contribution in [1.82, 2.24) is 20.2 Å². The van der Waals surface area contributed by atoms with Crippen LogP contribution in [0.4, 0.5) is 0 Å². The Hall–Kier alpha value is -1.39. The molecule has 0 aliphatic heterocycles. The number of aryl methyl sites for hydroxylation is 2. The van der Waals surface area contributed by atoms with Crippen molar-refractivity contribution in [3.05, 3.63) is 22.4 Å². The lowest BCUT2D eigenvalue weighted by molar-refractivity contribution is 0.550. The minimum absolute atomic E-state index is 0.587. The summed E-state index contributed by atoms with van der Waals surface area (Å²) in [6.45, 7) is 0.800. The largest absolute Gasteiger partial charge is 0.220 e. The van der Waals surface area contributed by atoms with Gasteiger partial charge in [-0.25, -0.2) is 4.68 Å². The van der Waals surface area contributed by atoms with Crippen LogP contribution in [0.2, 0.25) is 0 Å². The van der Waals surface area contributed by atoms with Crippen molar-refractivity contribution < 1.29 is 0 Å². The van der Waals surface area contributed by atoms with Gasteiger partial charge in [-0.05, 0) is 28.3 Å². The van der Waals surface area contributed by atoms with Crippen molar-refractivity contribution in [1.29, 1.82) is 5.26 Å². The molecule has 0 aliphatic carbocycles. The van der Waals surface area contributed by atoms with E-state index < -0.39 is 0 Å². The van der Waals surface area contributed by atoms with Crippen LogP contribution >= 0.6 is 23.1 Å². The van der Waals surface area contributed by atoms with Crippen LogP contribution in [0.5, 0.6) is 0 Å². The minimum atomic E-state index is 0.587. The van der Waals surface area contributed by atoms with Crippen LogP contribution in [0.25, 0.3) is 0 Å². The first-order valence-corrected chi connectivity index (χ1v) is 7.55. The van der Waals surface area contributed by atoms with E-state index in [9.17, 15) is 0 Å². The molecule has 94 valence electrons. The lowest BCUT2D eigenvalue weighted by atomic mass is 10.3. The van der Waals surface area contributed by atoms with Crippen molar-refractivity contribution in [3.63, 3.8) is 0 Å². The van der Waals surface area contributed by atoms with Gasteiger partial charge in [0.1, 0.15) is 0 Å². The van der Waals surface area contributed by atoms with Gasteiger partial charge in [0.2, 0.25) is 5.16 Å². The van der Waals surface area contributed by atoms with E-state index in [1.54, 1.807) is 23.1 Å². The maximum atomic E-state index is 8.46. The zero-order valence-electron chi connectivity index (χ0n) is 9.82. The zero-order valence-corrected chi connectivity index (χ0v) is 11.5. The van der Waals surface area contributed by atoms with E-state index in [0.29, 0.717) is 6.42 Å². The van der Waals surface area contributed by atoms with Crippen LogP contribution in [0.15, 0.2) is 22.7 Å². The number of nitriles is 1. The Bertz CT molecular complexity index is 500. The Kier molecular flexibility index (Phi) is 5.17. The van der Waals surface area contributed by atoms with Gasteiger partial charge in [0.25, 0.3) is 0 Å². The normalized spacial score (nSPS) is 10.4. The van der Waals surface area contributed by atoms with Crippen molar-refractivity contribution in [2.24, 2.45) is 0 Å². The third-order valence-corrected chi connectivity index (χ3v) is 4.29. The molecule has 2 heterocycles. The highest BCUT2D eigenvalue weighted by molar-refractivity contribution is 7.99. The molecule has 2 rings (SSSR count). The average molecular weight is 279 g/mol. The van der Waals surface area contributed by atoms with E-state index in [1.165, 1.54) is 4.88 Å². The van der Waals surface area contributed by atoms with Gasteiger partial charge in [-0.1, -0.05) is 17.8 Å². The summed E-state index contributed by atoms with van der Waals surface area (Å²) in [5, 5.41) is 23.1. The van der Waals surface area contributed by atoms with Crippen LogP contribution < -0.4 is 0 Å². The zero-order chi connectivity index (χ0) is 12.6. The second-order valence-corrected chi connectivity index (χ2v) is 5.72. The second-order valence-electron chi connectivity index (χ2n) is 3.62. The van der Waals surface area contributed by atoms with Crippen LogP contribution in [0.1, 0.15) is 17.7 Å². The Morgan fingerprint density at radius 3 is 3.22 bits per heavy atom. The number of nitrogens with zero attached hydrogens (tertiary/aromatic N) is 5. The van der Waals surface area contributed by atoms with E-state index in [-0.39, 0.29) is 0 Å². The molecule has 18 heavy (non-hydrogen) atoms. The Morgan fingerprint density at radius 2 is 2.44 bits per heavy atom. The van der Waals surface area contributed by atoms with Crippen molar-refractivity contribution >= 4 is 23.1 Å². The number of thioether (sulfide) groups is 1. The fourth-order valence-corrected chi connectivity index (χ4v) is 2.97.